The minimum atomic E-state index is -3.94. The van der Waals surface area contributed by atoms with Crippen molar-refractivity contribution < 1.29 is 18.0 Å². The van der Waals surface area contributed by atoms with E-state index in [0.717, 1.165) is 16.9 Å². The number of carbonyl (C=O) groups excluding carboxylic acids is 2. The number of amides is 2. The Morgan fingerprint density at radius 1 is 1.30 bits per heavy atom. The number of aryl methyl sites for hydroxylation is 1. The van der Waals surface area contributed by atoms with Crippen molar-refractivity contribution in [2.75, 3.05) is 10.2 Å². The van der Waals surface area contributed by atoms with Gasteiger partial charge in [-0.1, -0.05) is 13.8 Å². The smallest absolute Gasteiger partial charge is 0.244 e. The second-order valence-electron chi connectivity index (χ2n) is 7.86. The summed E-state index contributed by atoms with van der Waals surface area (Å²) < 4.78 is 28.6. The van der Waals surface area contributed by atoms with Gasteiger partial charge in [0.25, 0.3) is 0 Å². The lowest BCUT2D eigenvalue weighted by Gasteiger charge is -2.22. The molecule has 1 aromatic heterocycles. The summed E-state index contributed by atoms with van der Waals surface area (Å²) in [5, 5.41) is 4.92. The third-order valence-electron chi connectivity index (χ3n) is 5.00. The molecule has 2 aromatic rings. The van der Waals surface area contributed by atoms with E-state index in [1.807, 2.05) is 13.8 Å². The summed E-state index contributed by atoms with van der Waals surface area (Å²) in [5.74, 6) is -0.812. The maximum Gasteiger partial charge on any atom is 0.244 e. The van der Waals surface area contributed by atoms with Crippen LogP contribution in [0.15, 0.2) is 28.5 Å². The van der Waals surface area contributed by atoms with Crippen LogP contribution in [0.2, 0.25) is 0 Å². The number of hydrogen-bond donors (Lipinski definition) is 2. The van der Waals surface area contributed by atoms with Gasteiger partial charge in [-0.2, -0.15) is 4.72 Å². The van der Waals surface area contributed by atoms with Gasteiger partial charge >= 0.3 is 0 Å². The van der Waals surface area contributed by atoms with E-state index in [4.69, 9.17) is 0 Å². The first-order valence-corrected chi connectivity index (χ1v) is 12.0. The van der Waals surface area contributed by atoms with Gasteiger partial charge in [-0.15, -0.1) is 11.3 Å². The van der Waals surface area contributed by atoms with Crippen LogP contribution in [0.25, 0.3) is 0 Å². The molecule has 2 N–H and O–H groups in total. The van der Waals surface area contributed by atoms with Crippen LogP contribution < -0.4 is 14.9 Å². The quantitative estimate of drug-likeness (QED) is 0.703. The molecule has 2 amide bonds. The first-order chi connectivity index (χ1) is 14.0. The minimum Gasteiger partial charge on any atom is -0.309 e. The predicted octanol–water partition coefficient (Wildman–Crippen LogP) is 2.69. The summed E-state index contributed by atoms with van der Waals surface area (Å²) in [5.41, 5.74) is 2.31. The van der Waals surface area contributed by atoms with E-state index in [2.05, 4.69) is 15.0 Å². The van der Waals surface area contributed by atoms with E-state index in [1.165, 1.54) is 24.3 Å². The zero-order chi connectivity index (χ0) is 22.2. The Hall–Kier alpha value is -2.30. The van der Waals surface area contributed by atoms with E-state index in [9.17, 15) is 18.0 Å². The first kappa shape index (κ1) is 22.4. The van der Waals surface area contributed by atoms with Crippen molar-refractivity contribution in [3.05, 3.63) is 34.8 Å². The van der Waals surface area contributed by atoms with Gasteiger partial charge in [0.15, 0.2) is 5.13 Å². The number of nitrogens with zero attached hydrogens (tertiary/aromatic N) is 2. The van der Waals surface area contributed by atoms with E-state index < -0.39 is 22.0 Å². The van der Waals surface area contributed by atoms with Gasteiger partial charge in [0, 0.05) is 24.0 Å². The maximum atomic E-state index is 13.0. The Kier molecular flexibility index (Phi) is 6.30. The fourth-order valence-electron chi connectivity index (χ4n) is 3.58. The molecular formula is C20H26N4O4S2. The van der Waals surface area contributed by atoms with Crippen molar-refractivity contribution in [3.63, 3.8) is 0 Å². The van der Waals surface area contributed by atoms with Crippen molar-refractivity contribution in [1.82, 2.24) is 9.71 Å². The molecular weight excluding hydrogens is 424 g/mol. The molecule has 0 bridgehead atoms. The Bertz CT molecular complexity index is 1080. The Labute approximate surface area is 180 Å². The van der Waals surface area contributed by atoms with Crippen LogP contribution in [0, 0.1) is 12.8 Å². The molecule has 0 aliphatic carbocycles. The number of anilines is 2. The summed E-state index contributed by atoms with van der Waals surface area (Å²) in [6, 6.07) is 3.71. The summed E-state index contributed by atoms with van der Waals surface area (Å²) in [6.07, 6.45) is 0.579. The average Bonchev–Trinajstić information content (AvgIpc) is 3.20. The van der Waals surface area contributed by atoms with Crippen LogP contribution in [-0.2, 0) is 26.0 Å². The van der Waals surface area contributed by atoms with Crippen molar-refractivity contribution in [1.29, 1.82) is 0 Å². The normalized spacial score (nSPS) is 17.1. The maximum absolute atomic E-state index is 13.0. The molecule has 162 valence electrons. The number of carbonyl (C=O) groups is 2. The summed E-state index contributed by atoms with van der Waals surface area (Å²) in [7, 11) is -3.94. The first-order valence-electron chi connectivity index (χ1n) is 9.67. The largest absolute Gasteiger partial charge is 0.309 e. The van der Waals surface area contributed by atoms with Gasteiger partial charge < -0.3 is 10.2 Å². The topological polar surface area (TPSA) is 108 Å². The summed E-state index contributed by atoms with van der Waals surface area (Å²) in [4.78, 5) is 30.5. The van der Waals surface area contributed by atoms with Gasteiger partial charge in [-0.25, -0.2) is 13.4 Å². The van der Waals surface area contributed by atoms with Gasteiger partial charge in [0.1, 0.15) is 6.04 Å². The third kappa shape index (κ3) is 4.55. The number of hydrogen-bond acceptors (Lipinski definition) is 6. The van der Waals surface area contributed by atoms with Crippen molar-refractivity contribution in [3.8, 4) is 0 Å². The minimum absolute atomic E-state index is 0.0284. The SMILES string of the molecule is CC(=O)N1c2ccc(S(=O)(=O)N[C@@H](C(=O)Nc3nc(C)cs3)C(C)C)cc2C[C@H]1C. The van der Waals surface area contributed by atoms with Crippen molar-refractivity contribution in [2.24, 2.45) is 5.92 Å². The predicted molar refractivity (Wildman–Crippen MR) is 117 cm³/mol. The lowest BCUT2D eigenvalue weighted by Crippen LogP contribution is -2.47. The molecule has 0 spiro atoms. The fourth-order valence-corrected chi connectivity index (χ4v) is 5.66. The lowest BCUT2D eigenvalue weighted by atomic mass is 10.1. The monoisotopic (exact) mass is 450 g/mol. The second kappa shape index (κ2) is 8.44. The Morgan fingerprint density at radius 3 is 2.57 bits per heavy atom. The number of sulfonamides is 1. The molecule has 8 nitrogen and oxygen atoms in total. The summed E-state index contributed by atoms with van der Waals surface area (Å²) in [6.45, 7) is 8.78. The molecule has 0 radical (unpaired) electrons. The molecule has 30 heavy (non-hydrogen) atoms. The Morgan fingerprint density at radius 2 is 2.00 bits per heavy atom. The van der Waals surface area contributed by atoms with E-state index in [-0.39, 0.29) is 22.8 Å². The standard InChI is InChI=1S/C20H26N4O4S2/c1-11(2)18(19(26)22-20-21-12(3)10-29-20)23-30(27,28)16-6-7-17-15(9-16)8-13(4)24(17)14(5)25/h6-7,9-11,13,18,23H,8H2,1-5H3,(H,21,22,26)/t13-,18-/m1/s1. The fraction of sp³-hybridized carbons (Fsp3) is 0.450. The van der Waals surface area contributed by atoms with Gasteiger partial charge in [0.05, 0.1) is 10.6 Å². The van der Waals surface area contributed by atoms with Crippen LogP contribution in [0.4, 0.5) is 10.8 Å². The zero-order valence-electron chi connectivity index (χ0n) is 17.6. The number of fused-ring (bicyclic) bond motifs is 1. The van der Waals surface area contributed by atoms with Crippen LogP contribution >= 0.6 is 11.3 Å². The molecule has 1 aliphatic heterocycles. The molecule has 10 heteroatoms. The van der Waals surface area contributed by atoms with Crippen LogP contribution in [0.3, 0.4) is 0 Å². The highest BCUT2D eigenvalue weighted by Crippen LogP contribution is 2.34. The van der Waals surface area contributed by atoms with E-state index >= 15 is 0 Å². The van der Waals surface area contributed by atoms with Crippen LogP contribution in [0.5, 0.6) is 0 Å². The molecule has 0 unspecified atom stereocenters. The van der Waals surface area contributed by atoms with E-state index in [0.29, 0.717) is 11.6 Å². The summed E-state index contributed by atoms with van der Waals surface area (Å²) >= 11 is 1.29. The molecule has 3 rings (SSSR count). The van der Waals surface area contributed by atoms with Gasteiger partial charge in [0.2, 0.25) is 21.8 Å². The van der Waals surface area contributed by atoms with Gasteiger partial charge in [-0.3, -0.25) is 9.59 Å². The molecule has 0 saturated carbocycles. The Balaban J connectivity index is 1.83. The molecule has 1 aliphatic rings. The molecule has 1 aromatic carbocycles. The number of rotatable bonds is 6. The number of aromatic nitrogens is 1. The highest BCUT2D eigenvalue weighted by molar-refractivity contribution is 7.89. The number of thiazole rings is 1. The lowest BCUT2D eigenvalue weighted by molar-refractivity contribution is -0.118. The molecule has 2 atom stereocenters. The number of benzene rings is 1. The number of nitrogens with one attached hydrogen (secondary N) is 2. The molecule has 0 saturated heterocycles. The van der Waals surface area contributed by atoms with Crippen LogP contribution in [-0.4, -0.2) is 37.3 Å². The van der Waals surface area contributed by atoms with Crippen molar-refractivity contribution in [2.45, 2.75) is 58.0 Å². The zero-order valence-corrected chi connectivity index (χ0v) is 19.2. The highest BCUT2D eigenvalue weighted by Gasteiger charge is 2.32. The van der Waals surface area contributed by atoms with E-state index in [1.54, 1.807) is 36.3 Å². The van der Waals surface area contributed by atoms with Crippen LogP contribution in [0.1, 0.15) is 39.0 Å². The second-order valence-corrected chi connectivity index (χ2v) is 10.4. The average molecular weight is 451 g/mol. The molecule has 0 fully saturated rings. The van der Waals surface area contributed by atoms with Gasteiger partial charge in [-0.05, 0) is 49.9 Å². The highest BCUT2D eigenvalue weighted by atomic mass is 32.2. The third-order valence-corrected chi connectivity index (χ3v) is 7.31. The van der Waals surface area contributed by atoms with Crippen molar-refractivity contribution >= 4 is 44.0 Å². The molecule has 2 heterocycles.